The number of nitrogens with zero attached hydrogens (tertiary/aromatic N) is 2. The van der Waals surface area contributed by atoms with Crippen LogP contribution in [0.5, 0.6) is 0 Å². The molecule has 1 unspecified atom stereocenters. The van der Waals surface area contributed by atoms with Crippen LogP contribution >= 0.6 is 0 Å². The number of hydrogen-bond donors (Lipinski definition) is 0. The predicted molar refractivity (Wildman–Crippen MR) is 90.2 cm³/mol. The molecule has 6 nitrogen and oxygen atoms in total. The molecule has 1 fully saturated rings. The number of carbonyl (C=O) groups is 1. The van der Waals surface area contributed by atoms with Crippen LogP contribution in [0.25, 0.3) is 11.5 Å². The maximum atomic E-state index is 12.4. The van der Waals surface area contributed by atoms with Crippen molar-refractivity contribution in [3.8, 4) is 11.5 Å². The Labute approximate surface area is 141 Å². The highest BCUT2D eigenvalue weighted by Gasteiger charge is 2.32. The Bertz CT molecular complexity index is 843. The highest BCUT2D eigenvalue weighted by atomic mass is 32.2. The molecular formula is C17H20N2O4S. The average molecular weight is 348 g/mol. The van der Waals surface area contributed by atoms with Crippen LogP contribution < -0.4 is 0 Å². The summed E-state index contributed by atoms with van der Waals surface area (Å²) in [6.45, 7) is 2.52. The molecule has 1 amide bonds. The number of carbonyl (C=O) groups excluding carboxylic acids is 1. The molecule has 2 heterocycles. The highest BCUT2D eigenvalue weighted by Crippen LogP contribution is 2.23. The summed E-state index contributed by atoms with van der Waals surface area (Å²) in [5.41, 5.74) is 1.46. The number of hydrogen-bond acceptors (Lipinski definition) is 5. The van der Waals surface area contributed by atoms with Gasteiger partial charge in [-0.1, -0.05) is 18.2 Å². The molecule has 0 N–H and O–H groups in total. The molecule has 0 saturated carbocycles. The molecule has 1 saturated heterocycles. The lowest BCUT2D eigenvalue weighted by Gasteiger charge is -2.15. The molecule has 128 valence electrons. The van der Waals surface area contributed by atoms with Crippen molar-refractivity contribution in [3.05, 3.63) is 41.8 Å². The summed E-state index contributed by atoms with van der Waals surface area (Å²) in [5.74, 6) is 0.990. The number of aromatic nitrogens is 1. The van der Waals surface area contributed by atoms with Crippen molar-refractivity contribution in [1.29, 1.82) is 0 Å². The van der Waals surface area contributed by atoms with Gasteiger partial charge < -0.3 is 9.32 Å². The molecule has 3 rings (SSSR count). The third-order valence-electron chi connectivity index (χ3n) is 4.34. The minimum absolute atomic E-state index is 0.114. The predicted octanol–water partition coefficient (Wildman–Crippen LogP) is 1.84. The minimum atomic E-state index is -3.11. The van der Waals surface area contributed by atoms with Gasteiger partial charge in [0, 0.05) is 24.9 Å². The van der Waals surface area contributed by atoms with Crippen molar-refractivity contribution < 1.29 is 17.6 Å². The largest absolute Gasteiger partial charge is 0.441 e. The van der Waals surface area contributed by atoms with E-state index >= 15 is 0 Å². The van der Waals surface area contributed by atoms with Gasteiger partial charge in [-0.25, -0.2) is 13.4 Å². The molecule has 0 aliphatic carbocycles. The standard InChI is InChI=1S/C17H20N2O4S/c1-12-15(18-17(23-12)13-6-4-3-5-7-13)10-16(20)19-9-8-14(11-19)24(2,21)22/h3-7,14H,8-11H2,1-2H3. The van der Waals surface area contributed by atoms with Crippen LogP contribution in [0.1, 0.15) is 17.9 Å². The number of amides is 1. The highest BCUT2D eigenvalue weighted by molar-refractivity contribution is 7.91. The Hall–Kier alpha value is -2.15. The summed E-state index contributed by atoms with van der Waals surface area (Å²) in [5, 5.41) is -0.459. The Kier molecular flexibility index (Phi) is 4.45. The van der Waals surface area contributed by atoms with E-state index in [2.05, 4.69) is 4.98 Å². The number of sulfone groups is 1. The molecular weight excluding hydrogens is 328 g/mol. The van der Waals surface area contributed by atoms with Crippen molar-refractivity contribution in [3.63, 3.8) is 0 Å². The normalized spacial score (nSPS) is 18.1. The number of rotatable bonds is 4. The number of benzene rings is 1. The van der Waals surface area contributed by atoms with E-state index in [1.165, 1.54) is 6.26 Å². The van der Waals surface area contributed by atoms with Gasteiger partial charge in [0.05, 0.1) is 17.4 Å². The first-order valence-corrected chi connectivity index (χ1v) is 9.78. The second-order valence-electron chi connectivity index (χ2n) is 6.14. The second-order valence-corrected chi connectivity index (χ2v) is 8.47. The lowest BCUT2D eigenvalue weighted by molar-refractivity contribution is -0.129. The van der Waals surface area contributed by atoms with Crippen molar-refractivity contribution in [2.45, 2.75) is 25.0 Å². The Morgan fingerprint density at radius 3 is 2.67 bits per heavy atom. The summed E-state index contributed by atoms with van der Waals surface area (Å²) >= 11 is 0. The molecule has 1 aromatic carbocycles. The molecule has 0 radical (unpaired) electrons. The van der Waals surface area contributed by atoms with E-state index in [1.54, 1.807) is 11.8 Å². The van der Waals surface area contributed by atoms with Gasteiger partial charge in [0.25, 0.3) is 0 Å². The molecule has 1 aliphatic heterocycles. The maximum absolute atomic E-state index is 12.4. The first-order chi connectivity index (χ1) is 11.3. The van der Waals surface area contributed by atoms with Crippen molar-refractivity contribution in [2.24, 2.45) is 0 Å². The monoisotopic (exact) mass is 348 g/mol. The van der Waals surface area contributed by atoms with Crippen LogP contribution in [0.2, 0.25) is 0 Å². The zero-order valence-corrected chi connectivity index (χ0v) is 14.5. The lowest BCUT2D eigenvalue weighted by Crippen LogP contribution is -2.32. The van der Waals surface area contributed by atoms with Gasteiger partial charge in [-0.05, 0) is 25.5 Å². The van der Waals surface area contributed by atoms with Crippen LogP contribution in [0.4, 0.5) is 0 Å². The molecule has 1 aromatic heterocycles. The van der Waals surface area contributed by atoms with Crippen LogP contribution in [0.15, 0.2) is 34.7 Å². The van der Waals surface area contributed by atoms with E-state index in [9.17, 15) is 13.2 Å². The first kappa shape index (κ1) is 16.7. The SMILES string of the molecule is Cc1oc(-c2ccccc2)nc1CC(=O)N1CCC(S(C)(=O)=O)C1. The Balaban J connectivity index is 1.71. The van der Waals surface area contributed by atoms with Crippen LogP contribution in [-0.4, -0.2) is 48.8 Å². The molecule has 7 heteroatoms. The van der Waals surface area contributed by atoms with E-state index in [1.807, 2.05) is 30.3 Å². The molecule has 1 aliphatic rings. The number of aryl methyl sites for hydroxylation is 1. The van der Waals surface area contributed by atoms with Gasteiger partial charge in [-0.3, -0.25) is 4.79 Å². The fraction of sp³-hybridized carbons (Fsp3) is 0.412. The summed E-state index contributed by atoms with van der Waals surface area (Å²) < 4.78 is 28.9. The zero-order valence-electron chi connectivity index (χ0n) is 13.7. The summed E-state index contributed by atoms with van der Waals surface area (Å²) in [7, 11) is -3.11. The van der Waals surface area contributed by atoms with E-state index in [0.717, 1.165) is 5.56 Å². The van der Waals surface area contributed by atoms with E-state index in [-0.39, 0.29) is 18.9 Å². The molecule has 2 aromatic rings. The molecule has 24 heavy (non-hydrogen) atoms. The average Bonchev–Trinajstić information content (AvgIpc) is 3.16. The summed E-state index contributed by atoms with van der Waals surface area (Å²) in [6, 6.07) is 9.50. The Morgan fingerprint density at radius 1 is 1.33 bits per heavy atom. The minimum Gasteiger partial charge on any atom is -0.441 e. The van der Waals surface area contributed by atoms with Gasteiger partial charge in [0.15, 0.2) is 9.84 Å². The lowest BCUT2D eigenvalue weighted by atomic mass is 10.2. The summed E-state index contributed by atoms with van der Waals surface area (Å²) in [4.78, 5) is 18.5. The summed E-state index contributed by atoms with van der Waals surface area (Å²) in [6.07, 6.45) is 1.84. The third kappa shape index (κ3) is 3.51. The van der Waals surface area contributed by atoms with E-state index in [0.29, 0.717) is 30.3 Å². The molecule has 1 atom stereocenters. The van der Waals surface area contributed by atoms with Gasteiger partial charge in [0.2, 0.25) is 11.8 Å². The van der Waals surface area contributed by atoms with Gasteiger partial charge in [-0.15, -0.1) is 0 Å². The van der Waals surface area contributed by atoms with Crippen LogP contribution in [0, 0.1) is 6.92 Å². The smallest absolute Gasteiger partial charge is 0.228 e. The van der Waals surface area contributed by atoms with Crippen molar-refractivity contribution in [2.75, 3.05) is 19.3 Å². The number of oxazole rings is 1. The van der Waals surface area contributed by atoms with Crippen LogP contribution in [-0.2, 0) is 21.1 Å². The second kappa shape index (κ2) is 6.39. The topological polar surface area (TPSA) is 80.5 Å². The van der Waals surface area contributed by atoms with E-state index < -0.39 is 15.1 Å². The van der Waals surface area contributed by atoms with Gasteiger partial charge >= 0.3 is 0 Å². The molecule has 0 bridgehead atoms. The number of likely N-dealkylation sites (tertiary alicyclic amines) is 1. The van der Waals surface area contributed by atoms with Crippen molar-refractivity contribution in [1.82, 2.24) is 9.88 Å². The fourth-order valence-corrected chi connectivity index (χ4v) is 3.84. The van der Waals surface area contributed by atoms with E-state index in [4.69, 9.17) is 4.42 Å². The van der Waals surface area contributed by atoms with Gasteiger partial charge in [-0.2, -0.15) is 0 Å². The third-order valence-corrected chi connectivity index (χ3v) is 5.93. The molecule has 0 spiro atoms. The van der Waals surface area contributed by atoms with Crippen molar-refractivity contribution >= 4 is 15.7 Å². The maximum Gasteiger partial charge on any atom is 0.228 e. The Morgan fingerprint density at radius 2 is 2.04 bits per heavy atom. The first-order valence-electron chi connectivity index (χ1n) is 7.83. The zero-order chi connectivity index (χ0) is 17.3. The fourth-order valence-electron chi connectivity index (χ4n) is 2.86. The quantitative estimate of drug-likeness (QED) is 0.842. The van der Waals surface area contributed by atoms with Crippen LogP contribution in [0.3, 0.4) is 0 Å². The van der Waals surface area contributed by atoms with Gasteiger partial charge in [0.1, 0.15) is 5.76 Å².